The lowest BCUT2D eigenvalue weighted by atomic mass is 9.83. The summed E-state index contributed by atoms with van der Waals surface area (Å²) in [6, 6.07) is 18.3. The Morgan fingerprint density at radius 1 is 0.611 bits per heavy atom. The van der Waals surface area contributed by atoms with E-state index in [1.807, 2.05) is 30.3 Å². The second-order valence-corrected chi connectivity index (χ2v) is 13.5. The Labute approximate surface area is 318 Å². The lowest BCUT2D eigenvalue weighted by molar-refractivity contribution is -0.138. The van der Waals surface area contributed by atoms with Crippen molar-refractivity contribution in [3.05, 3.63) is 97.1 Å². The molecule has 10 nitrogen and oxygen atoms in total. The van der Waals surface area contributed by atoms with E-state index in [4.69, 9.17) is 28.4 Å². The molecule has 0 saturated heterocycles. The van der Waals surface area contributed by atoms with Crippen LogP contribution in [-0.4, -0.2) is 62.5 Å². The number of carbonyl (C=O) groups excluding carboxylic acids is 4. The van der Waals surface area contributed by atoms with E-state index in [0.717, 1.165) is 80.4 Å². The van der Waals surface area contributed by atoms with Gasteiger partial charge < -0.3 is 28.4 Å². The van der Waals surface area contributed by atoms with Crippen LogP contribution in [0.5, 0.6) is 11.5 Å². The molecule has 0 heterocycles. The number of unbranched alkanes of at least 4 members (excludes halogenated alkanes) is 6. The first kappa shape index (κ1) is 41.6. The van der Waals surface area contributed by atoms with Gasteiger partial charge in [-0.25, -0.2) is 19.2 Å². The standard InChI is InChI=1S/C44H54O10/c1-4-32-30-39(53-43(47)33-17-20-37(21-18-33)49-25-11-7-9-13-27-51-41(45)5-2)23-24-40(32)54-44(48)36-16-15-35-31-38(22-19-34(35)29-36)50-26-12-8-10-14-28-52-42(46)6-3/h5-6,15-22,29,31-32,39-40H,2-4,7-14,23-28,30H2,1H3/t32?,39-,40-/m1/s1. The van der Waals surface area contributed by atoms with Crippen LogP contribution in [0.1, 0.15) is 105 Å². The van der Waals surface area contributed by atoms with Gasteiger partial charge in [-0.05, 0) is 142 Å². The summed E-state index contributed by atoms with van der Waals surface area (Å²) in [6.45, 7) is 10.8. The van der Waals surface area contributed by atoms with Gasteiger partial charge in [0.2, 0.25) is 0 Å². The zero-order chi connectivity index (χ0) is 38.5. The van der Waals surface area contributed by atoms with Crippen LogP contribution in [0.2, 0.25) is 0 Å². The van der Waals surface area contributed by atoms with Crippen molar-refractivity contribution in [1.82, 2.24) is 0 Å². The van der Waals surface area contributed by atoms with Crippen LogP contribution in [0.15, 0.2) is 86.0 Å². The minimum absolute atomic E-state index is 0.0772. The monoisotopic (exact) mass is 742 g/mol. The average Bonchev–Trinajstić information content (AvgIpc) is 3.19. The molecule has 3 aromatic carbocycles. The fourth-order valence-corrected chi connectivity index (χ4v) is 6.40. The maximum atomic E-state index is 13.3. The predicted molar refractivity (Wildman–Crippen MR) is 207 cm³/mol. The Balaban J connectivity index is 1.15. The van der Waals surface area contributed by atoms with Gasteiger partial charge in [0.1, 0.15) is 23.7 Å². The summed E-state index contributed by atoms with van der Waals surface area (Å²) in [7, 11) is 0. The van der Waals surface area contributed by atoms with Crippen molar-refractivity contribution in [2.75, 3.05) is 26.4 Å². The molecule has 4 rings (SSSR count). The molecule has 0 aliphatic heterocycles. The first-order valence-corrected chi connectivity index (χ1v) is 19.2. The molecular formula is C44H54O10. The van der Waals surface area contributed by atoms with Crippen LogP contribution in [-0.2, 0) is 28.5 Å². The van der Waals surface area contributed by atoms with Gasteiger partial charge in [0.05, 0.1) is 37.6 Å². The molecule has 0 spiro atoms. The van der Waals surface area contributed by atoms with Crippen molar-refractivity contribution in [3.63, 3.8) is 0 Å². The van der Waals surface area contributed by atoms with E-state index < -0.39 is 11.9 Å². The zero-order valence-corrected chi connectivity index (χ0v) is 31.5. The van der Waals surface area contributed by atoms with E-state index in [-0.39, 0.29) is 30.1 Å². The molecule has 54 heavy (non-hydrogen) atoms. The first-order chi connectivity index (χ1) is 26.3. The fraction of sp³-hybridized carbons (Fsp3) is 0.455. The Hall–Kier alpha value is -5.12. The predicted octanol–water partition coefficient (Wildman–Crippen LogP) is 9.14. The molecule has 0 aromatic heterocycles. The number of hydrogen-bond acceptors (Lipinski definition) is 10. The highest BCUT2D eigenvalue weighted by molar-refractivity contribution is 5.96. The highest BCUT2D eigenvalue weighted by Crippen LogP contribution is 2.33. The molecule has 0 N–H and O–H groups in total. The summed E-state index contributed by atoms with van der Waals surface area (Å²) in [4.78, 5) is 48.3. The number of esters is 4. The molecule has 3 atom stereocenters. The molecule has 1 aliphatic carbocycles. The lowest BCUT2D eigenvalue weighted by Gasteiger charge is -2.35. The normalized spacial score (nSPS) is 16.5. The van der Waals surface area contributed by atoms with Crippen molar-refractivity contribution in [2.24, 2.45) is 5.92 Å². The van der Waals surface area contributed by atoms with Gasteiger partial charge in [0.25, 0.3) is 0 Å². The van der Waals surface area contributed by atoms with Gasteiger partial charge in [-0.1, -0.05) is 32.2 Å². The number of rotatable bonds is 23. The van der Waals surface area contributed by atoms with Gasteiger partial charge in [-0.2, -0.15) is 0 Å². The zero-order valence-electron chi connectivity index (χ0n) is 31.5. The average molecular weight is 743 g/mol. The number of ether oxygens (including phenoxy) is 6. The second kappa shape index (κ2) is 22.8. The molecule has 0 bridgehead atoms. The Bertz CT molecular complexity index is 1680. The number of carbonyl (C=O) groups is 4. The van der Waals surface area contributed by atoms with E-state index in [1.165, 1.54) is 6.08 Å². The van der Waals surface area contributed by atoms with Gasteiger partial charge in [-0.3, -0.25) is 0 Å². The Kier molecular flexibility index (Phi) is 17.6. The third-order valence-electron chi connectivity index (χ3n) is 9.50. The second-order valence-electron chi connectivity index (χ2n) is 13.5. The number of hydrogen-bond donors (Lipinski definition) is 0. The quantitative estimate of drug-likeness (QED) is 0.0402. The minimum Gasteiger partial charge on any atom is -0.494 e. The molecule has 1 unspecified atom stereocenters. The Morgan fingerprint density at radius 3 is 1.74 bits per heavy atom. The molecule has 0 radical (unpaired) electrons. The van der Waals surface area contributed by atoms with Crippen molar-refractivity contribution < 1.29 is 47.6 Å². The van der Waals surface area contributed by atoms with Crippen LogP contribution in [0.25, 0.3) is 10.8 Å². The molecule has 10 heteroatoms. The highest BCUT2D eigenvalue weighted by atomic mass is 16.6. The summed E-state index contributed by atoms with van der Waals surface area (Å²) in [6.07, 6.45) is 11.7. The van der Waals surface area contributed by atoms with Crippen molar-refractivity contribution >= 4 is 34.6 Å². The number of fused-ring (bicyclic) bond motifs is 1. The molecule has 1 aliphatic rings. The van der Waals surface area contributed by atoms with Gasteiger partial charge >= 0.3 is 23.9 Å². The maximum Gasteiger partial charge on any atom is 0.338 e. The molecule has 3 aromatic rings. The van der Waals surface area contributed by atoms with E-state index in [1.54, 1.807) is 30.3 Å². The number of benzene rings is 3. The smallest absolute Gasteiger partial charge is 0.338 e. The van der Waals surface area contributed by atoms with Crippen molar-refractivity contribution in [1.29, 1.82) is 0 Å². The topological polar surface area (TPSA) is 124 Å². The minimum atomic E-state index is -0.397. The van der Waals surface area contributed by atoms with Crippen LogP contribution < -0.4 is 9.47 Å². The molecule has 290 valence electrons. The van der Waals surface area contributed by atoms with Crippen molar-refractivity contribution in [2.45, 2.75) is 96.2 Å². The van der Waals surface area contributed by atoms with Crippen LogP contribution in [0, 0.1) is 5.92 Å². The van der Waals surface area contributed by atoms with Crippen LogP contribution >= 0.6 is 0 Å². The molecular weight excluding hydrogens is 688 g/mol. The maximum absolute atomic E-state index is 13.3. The molecule has 1 fully saturated rings. The third kappa shape index (κ3) is 14.0. The van der Waals surface area contributed by atoms with E-state index in [9.17, 15) is 19.2 Å². The highest BCUT2D eigenvalue weighted by Gasteiger charge is 2.34. The van der Waals surface area contributed by atoms with E-state index >= 15 is 0 Å². The van der Waals surface area contributed by atoms with Gasteiger partial charge in [0, 0.05) is 12.2 Å². The van der Waals surface area contributed by atoms with Crippen LogP contribution in [0.3, 0.4) is 0 Å². The van der Waals surface area contributed by atoms with E-state index in [0.29, 0.717) is 62.6 Å². The summed E-state index contributed by atoms with van der Waals surface area (Å²) in [5, 5.41) is 1.89. The molecule has 1 saturated carbocycles. The third-order valence-corrected chi connectivity index (χ3v) is 9.50. The lowest BCUT2D eigenvalue weighted by Crippen LogP contribution is -2.37. The van der Waals surface area contributed by atoms with Gasteiger partial charge in [0.15, 0.2) is 0 Å². The van der Waals surface area contributed by atoms with Crippen molar-refractivity contribution in [3.8, 4) is 11.5 Å². The SMILES string of the molecule is C=CC(=O)OCCCCCCOc1ccc(C(=O)O[C@@H]2CC[C@@H](OC(=O)c3ccc4cc(OCCCCCCOC(=O)C=C)ccc4c3)C(CC)C2)cc1. The summed E-state index contributed by atoms with van der Waals surface area (Å²) in [5.74, 6) is 0.0157. The molecule has 0 amide bonds. The summed E-state index contributed by atoms with van der Waals surface area (Å²) >= 11 is 0. The summed E-state index contributed by atoms with van der Waals surface area (Å²) < 4.78 is 33.6. The first-order valence-electron chi connectivity index (χ1n) is 19.2. The van der Waals surface area contributed by atoms with E-state index in [2.05, 4.69) is 20.1 Å². The summed E-state index contributed by atoms with van der Waals surface area (Å²) in [5.41, 5.74) is 0.958. The Morgan fingerprint density at radius 2 is 1.13 bits per heavy atom. The fourth-order valence-electron chi connectivity index (χ4n) is 6.40. The largest absolute Gasteiger partial charge is 0.494 e. The van der Waals surface area contributed by atoms with Gasteiger partial charge in [-0.15, -0.1) is 0 Å². The van der Waals surface area contributed by atoms with Crippen LogP contribution in [0.4, 0.5) is 0 Å².